The fourth-order valence-electron chi connectivity index (χ4n) is 4.11. The maximum absolute atomic E-state index is 13.2. The second-order valence-corrected chi connectivity index (χ2v) is 11.7. The van der Waals surface area contributed by atoms with Gasteiger partial charge in [-0.2, -0.15) is 0 Å². The van der Waals surface area contributed by atoms with Crippen molar-refractivity contribution in [1.29, 1.82) is 0 Å². The minimum Gasteiger partial charge on any atom is -0.476 e. The van der Waals surface area contributed by atoms with E-state index in [-0.39, 0.29) is 17.5 Å². The third kappa shape index (κ3) is 6.28. The molecule has 0 bridgehead atoms. The Balaban J connectivity index is 1.29. The van der Waals surface area contributed by atoms with Crippen molar-refractivity contribution < 1.29 is 19.1 Å². The minimum atomic E-state index is -1.06. The highest BCUT2D eigenvalue weighted by Gasteiger charge is 2.37. The summed E-state index contributed by atoms with van der Waals surface area (Å²) < 4.78 is 5.95. The fraction of sp³-hybridized carbons (Fsp3) is 0.400. The van der Waals surface area contributed by atoms with Crippen LogP contribution in [0, 0.1) is 13.8 Å². The van der Waals surface area contributed by atoms with E-state index >= 15 is 0 Å². The molecule has 1 aliphatic heterocycles. The van der Waals surface area contributed by atoms with E-state index < -0.39 is 17.4 Å². The zero-order valence-corrected chi connectivity index (χ0v) is 23.4. The first kappa shape index (κ1) is 27.0. The smallest absolute Gasteiger partial charge is 0.289 e. The Bertz CT molecular complexity index is 1310. The molecular weight excluding hydrogens is 534 g/mol. The number of nitrogens with one attached hydrogen (secondary N) is 2. The van der Waals surface area contributed by atoms with Crippen LogP contribution in [-0.4, -0.2) is 51.3 Å². The van der Waals surface area contributed by atoms with Crippen LogP contribution in [0.15, 0.2) is 29.6 Å². The summed E-state index contributed by atoms with van der Waals surface area (Å²) in [6.45, 7) is 8.17. The van der Waals surface area contributed by atoms with Crippen molar-refractivity contribution in [3.63, 3.8) is 0 Å². The Morgan fingerprint density at radius 1 is 1.08 bits per heavy atom. The topological polar surface area (TPSA) is 114 Å². The molecule has 0 spiro atoms. The number of rotatable bonds is 6. The van der Waals surface area contributed by atoms with Gasteiger partial charge in [0.15, 0.2) is 5.60 Å². The first-order valence-corrected chi connectivity index (χ1v) is 13.9. The number of hydrogen-bond donors (Lipinski definition) is 2. The lowest BCUT2D eigenvalue weighted by molar-refractivity contribution is -0.146. The van der Waals surface area contributed by atoms with Crippen LogP contribution < -0.4 is 15.6 Å². The second kappa shape index (κ2) is 11.2. The Labute approximate surface area is 228 Å². The standard InChI is InChI=1S/C25H28ClN5O4S2/c1-14-20(37-15(2)27-14)22(33)30-29-21(32)18-13-36-23(28-18)16-9-11-31(12-10-16)24(34)25(3,4)35-19-8-6-5-7-17(19)26/h5-8,13,16H,9-12H2,1-4H3,(H,29,32)(H,30,33). The van der Waals surface area contributed by atoms with Gasteiger partial charge in [-0.1, -0.05) is 23.7 Å². The second-order valence-electron chi connectivity index (χ2n) is 9.24. The molecule has 2 aromatic heterocycles. The molecule has 3 aromatic rings. The van der Waals surface area contributed by atoms with E-state index in [0.29, 0.717) is 34.4 Å². The summed E-state index contributed by atoms with van der Waals surface area (Å²) in [5.74, 6) is -0.390. The van der Waals surface area contributed by atoms with Gasteiger partial charge in [-0.3, -0.25) is 25.2 Å². The first-order chi connectivity index (χ1) is 17.5. The normalized spacial score (nSPS) is 14.4. The number of para-hydroxylation sites is 1. The monoisotopic (exact) mass is 561 g/mol. The number of amides is 3. The number of aromatic nitrogens is 2. The number of aryl methyl sites for hydroxylation is 2. The molecule has 196 valence electrons. The predicted molar refractivity (Wildman–Crippen MR) is 143 cm³/mol. The number of halogens is 1. The van der Waals surface area contributed by atoms with Gasteiger partial charge < -0.3 is 9.64 Å². The number of hydrazine groups is 1. The minimum absolute atomic E-state index is 0.104. The van der Waals surface area contributed by atoms with Gasteiger partial charge >= 0.3 is 0 Å². The quantitative estimate of drug-likeness (QED) is 0.428. The molecule has 1 aromatic carbocycles. The summed E-state index contributed by atoms with van der Waals surface area (Å²) in [6, 6.07) is 7.09. The van der Waals surface area contributed by atoms with Crippen molar-refractivity contribution in [2.24, 2.45) is 0 Å². The fourth-order valence-corrected chi connectivity index (χ4v) is 6.07. The lowest BCUT2D eigenvalue weighted by Crippen LogP contribution is -2.51. The maximum Gasteiger partial charge on any atom is 0.289 e. The highest BCUT2D eigenvalue weighted by Crippen LogP contribution is 2.33. The van der Waals surface area contributed by atoms with Crippen LogP contribution in [0.2, 0.25) is 5.02 Å². The number of ether oxygens (including phenoxy) is 1. The van der Waals surface area contributed by atoms with E-state index in [2.05, 4.69) is 20.8 Å². The number of carbonyl (C=O) groups excluding carboxylic acids is 3. The van der Waals surface area contributed by atoms with E-state index in [1.807, 2.05) is 19.1 Å². The van der Waals surface area contributed by atoms with Gasteiger partial charge in [0.1, 0.15) is 16.3 Å². The van der Waals surface area contributed by atoms with Gasteiger partial charge in [0.2, 0.25) is 0 Å². The molecule has 1 aliphatic rings. The first-order valence-electron chi connectivity index (χ1n) is 11.8. The maximum atomic E-state index is 13.2. The van der Waals surface area contributed by atoms with Crippen LogP contribution in [-0.2, 0) is 4.79 Å². The van der Waals surface area contributed by atoms with Gasteiger partial charge in [0.25, 0.3) is 17.7 Å². The molecule has 9 nitrogen and oxygen atoms in total. The molecule has 3 amide bonds. The van der Waals surface area contributed by atoms with Crippen molar-refractivity contribution in [2.75, 3.05) is 13.1 Å². The van der Waals surface area contributed by atoms with Crippen molar-refractivity contribution in [2.45, 2.75) is 52.1 Å². The van der Waals surface area contributed by atoms with Crippen molar-refractivity contribution >= 4 is 52.0 Å². The van der Waals surface area contributed by atoms with Crippen LogP contribution >= 0.6 is 34.3 Å². The van der Waals surface area contributed by atoms with Gasteiger partial charge in [-0.05, 0) is 52.7 Å². The predicted octanol–water partition coefficient (Wildman–Crippen LogP) is 4.51. The molecule has 0 aliphatic carbocycles. The Morgan fingerprint density at radius 2 is 1.76 bits per heavy atom. The van der Waals surface area contributed by atoms with E-state index in [9.17, 15) is 14.4 Å². The average molecular weight is 562 g/mol. The number of benzene rings is 1. The van der Waals surface area contributed by atoms with Gasteiger partial charge in [-0.25, -0.2) is 9.97 Å². The zero-order chi connectivity index (χ0) is 26.7. The highest BCUT2D eigenvalue weighted by atomic mass is 35.5. The number of hydrogen-bond acceptors (Lipinski definition) is 8. The number of nitrogens with zero attached hydrogens (tertiary/aromatic N) is 3. The molecule has 1 fully saturated rings. The molecular formula is C25H28ClN5O4S2. The van der Waals surface area contributed by atoms with Crippen molar-refractivity contribution in [1.82, 2.24) is 25.7 Å². The molecule has 1 saturated heterocycles. The SMILES string of the molecule is Cc1nc(C)c(C(=O)NNC(=O)c2csc(C3CCN(C(=O)C(C)(C)Oc4ccccc4Cl)CC3)n2)s1. The van der Waals surface area contributed by atoms with Crippen molar-refractivity contribution in [3.05, 3.63) is 60.9 Å². The summed E-state index contributed by atoms with van der Waals surface area (Å²) in [7, 11) is 0. The third-order valence-electron chi connectivity index (χ3n) is 6.00. The largest absolute Gasteiger partial charge is 0.476 e. The van der Waals surface area contributed by atoms with Gasteiger partial charge in [0, 0.05) is 24.4 Å². The molecule has 0 radical (unpaired) electrons. The number of likely N-dealkylation sites (tertiary alicyclic amines) is 1. The molecule has 0 unspecified atom stereocenters. The lowest BCUT2D eigenvalue weighted by Gasteiger charge is -2.36. The number of thiazole rings is 2. The Kier molecular flexibility index (Phi) is 8.15. The highest BCUT2D eigenvalue weighted by molar-refractivity contribution is 7.13. The summed E-state index contributed by atoms with van der Waals surface area (Å²) in [5, 5.41) is 3.75. The van der Waals surface area contributed by atoms with Crippen LogP contribution in [0.1, 0.15) is 68.5 Å². The molecule has 4 rings (SSSR count). The van der Waals surface area contributed by atoms with E-state index in [1.165, 1.54) is 22.7 Å². The molecule has 0 saturated carbocycles. The summed E-state index contributed by atoms with van der Waals surface area (Å²) >= 11 is 8.87. The molecule has 37 heavy (non-hydrogen) atoms. The summed E-state index contributed by atoms with van der Waals surface area (Å²) in [5.41, 5.74) is 4.64. The van der Waals surface area contributed by atoms with Gasteiger partial charge in [0.05, 0.1) is 20.7 Å². The lowest BCUT2D eigenvalue weighted by atomic mass is 9.96. The summed E-state index contributed by atoms with van der Waals surface area (Å²) in [4.78, 5) is 49.0. The Hall–Kier alpha value is -3.02. The van der Waals surface area contributed by atoms with Crippen LogP contribution in [0.3, 0.4) is 0 Å². The van der Waals surface area contributed by atoms with E-state index in [0.717, 1.165) is 22.9 Å². The van der Waals surface area contributed by atoms with E-state index in [4.69, 9.17) is 16.3 Å². The Morgan fingerprint density at radius 3 is 2.41 bits per heavy atom. The third-order valence-corrected chi connectivity index (χ3v) is 8.39. The average Bonchev–Trinajstić information content (AvgIpc) is 3.50. The van der Waals surface area contributed by atoms with Gasteiger partial charge in [-0.15, -0.1) is 22.7 Å². The number of piperidine rings is 1. The van der Waals surface area contributed by atoms with Crippen LogP contribution in [0.25, 0.3) is 0 Å². The number of carbonyl (C=O) groups is 3. The molecule has 3 heterocycles. The summed E-state index contributed by atoms with van der Waals surface area (Å²) in [6.07, 6.45) is 1.45. The molecule has 2 N–H and O–H groups in total. The molecule has 12 heteroatoms. The van der Waals surface area contributed by atoms with Crippen LogP contribution in [0.4, 0.5) is 0 Å². The molecule has 0 atom stereocenters. The van der Waals surface area contributed by atoms with E-state index in [1.54, 1.807) is 43.2 Å². The van der Waals surface area contributed by atoms with Crippen molar-refractivity contribution in [3.8, 4) is 5.75 Å². The van der Waals surface area contributed by atoms with Crippen LogP contribution in [0.5, 0.6) is 5.75 Å². The zero-order valence-electron chi connectivity index (χ0n) is 21.0.